The van der Waals surface area contributed by atoms with Crippen molar-refractivity contribution in [3.8, 4) is 0 Å². The van der Waals surface area contributed by atoms with E-state index in [1.54, 1.807) is 0 Å². The molecule has 0 bridgehead atoms. The number of aryl methyl sites for hydroxylation is 2. The van der Waals surface area contributed by atoms with E-state index in [2.05, 4.69) is 18.2 Å². The Labute approximate surface area is 114 Å². The second-order valence-electron chi connectivity index (χ2n) is 5.06. The van der Waals surface area contributed by atoms with Crippen molar-refractivity contribution < 1.29 is 4.79 Å². The Morgan fingerprint density at radius 2 is 1.68 bits per heavy atom. The Hall–Kier alpha value is -2.09. The first-order valence-corrected chi connectivity index (χ1v) is 6.47. The highest BCUT2D eigenvalue weighted by Crippen LogP contribution is 2.13. The zero-order chi connectivity index (χ0) is 13.8. The van der Waals surface area contributed by atoms with Crippen LogP contribution in [0.15, 0.2) is 42.5 Å². The van der Waals surface area contributed by atoms with E-state index in [-0.39, 0.29) is 5.78 Å². The number of hydrogen-bond acceptors (Lipinski definition) is 2. The molecule has 0 aliphatic rings. The first kappa shape index (κ1) is 13.3. The van der Waals surface area contributed by atoms with Gasteiger partial charge in [-0.1, -0.05) is 35.9 Å². The summed E-state index contributed by atoms with van der Waals surface area (Å²) in [5.74, 6) is 0.235. The first-order valence-electron chi connectivity index (χ1n) is 6.47. The third-order valence-electron chi connectivity index (χ3n) is 3.27. The Morgan fingerprint density at radius 3 is 2.37 bits per heavy atom. The van der Waals surface area contributed by atoms with Gasteiger partial charge in [0, 0.05) is 18.5 Å². The average Bonchev–Trinajstić information content (AvgIpc) is 2.37. The van der Waals surface area contributed by atoms with Crippen molar-refractivity contribution in [1.29, 1.82) is 0 Å². The molecule has 0 heterocycles. The lowest BCUT2D eigenvalue weighted by Crippen LogP contribution is -2.08. The van der Waals surface area contributed by atoms with Gasteiger partial charge >= 0.3 is 0 Å². The molecule has 2 aromatic carbocycles. The van der Waals surface area contributed by atoms with Gasteiger partial charge in [0.15, 0.2) is 0 Å². The molecule has 0 amide bonds. The van der Waals surface area contributed by atoms with Gasteiger partial charge in [0.1, 0.15) is 5.78 Å². The summed E-state index contributed by atoms with van der Waals surface area (Å²) in [7, 11) is 0. The highest BCUT2D eigenvalue weighted by molar-refractivity contribution is 5.83. The van der Waals surface area contributed by atoms with Gasteiger partial charge in [-0.25, -0.2) is 0 Å². The van der Waals surface area contributed by atoms with E-state index in [4.69, 9.17) is 5.73 Å². The fraction of sp³-hybridized carbons (Fsp3) is 0.235. The maximum atomic E-state index is 12.1. The first-order chi connectivity index (χ1) is 9.04. The van der Waals surface area contributed by atoms with Crippen LogP contribution in [0.2, 0.25) is 0 Å². The minimum Gasteiger partial charge on any atom is -0.399 e. The van der Waals surface area contributed by atoms with Crippen LogP contribution >= 0.6 is 0 Å². The van der Waals surface area contributed by atoms with Crippen LogP contribution in [0, 0.1) is 13.8 Å². The predicted molar refractivity (Wildman–Crippen MR) is 79.2 cm³/mol. The molecule has 2 heteroatoms. The minimum atomic E-state index is 0.235. The van der Waals surface area contributed by atoms with E-state index in [9.17, 15) is 4.79 Å². The molecule has 2 N–H and O–H groups in total. The summed E-state index contributed by atoms with van der Waals surface area (Å²) in [5, 5.41) is 0. The molecule has 19 heavy (non-hydrogen) atoms. The molecule has 2 rings (SSSR count). The second kappa shape index (κ2) is 5.70. The lowest BCUT2D eigenvalue weighted by atomic mass is 9.98. The quantitative estimate of drug-likeness (QED) is 0.850. The van der Waals surface area contributed by atoms with Gasteiger partial charge in [-0.05, 0) is 42.7 Å². The van der Waals surface area contributed by atoms with Crippen LogP contribution in [0.3, 0.4) is 0 Å². The molecular weight excluding hydrogens is 234 g/mol. The van der Waals surface area contributed by atoms with Gasteiger partial charge in [-0.15, -0.1) is 0 Å². The van der Waals surface area contributed by atoms with Crippen LogP contribution in [0.25, 0.3) is 0 Å². The normalized spacial score (nSPS) is 10.4. The number of nitrogen functional groups attached to an aromatic ring is 1. The summed E-state index contributed by atoms with van der Waals surface area (Å²) in [4.78, 5) is 12.1. The monoisotopic (exact) mass is 253 g/mol. The van der Waals surface area contributed by atoms with Gasteiger partial charge in [0.25, 0.3) is 0 Å². The van der Waals surface area contributed by atoms with Gasteiger partial charge in [0.05, 0.1) is 0 Å². The Bertz CT molecular complexity index is 585. The summed E-state index contributed by atoms with van der Waals surface area (Å²) < 4.78 is 0. The lowest BCUT2D eigenvalue weighted by molar-refractivity contribution is -0.117. The molecule has 0 saturated carbocycles. The fourth-order valence-electron chi connectivity index (χ4n) is 2.13. The summed E-state index contributed by atoms with van der Waals surface area (Å²) in [6.07, 6.45) is 0.964. The number of anilines is 1. The third kappa shape index (κ3) is 3.68. The minimum absolute atomic E-state index is 0.235. The van der Waals surface area contributed by atoms with Crippen molar-refractivity contribution in [2.45, 2.75) is 26.7 Å². The molecule has 0 fully saturated rings. The van der Waals surface area contributed by atoms with Crippen LogP contribution in [-0.2, 0) is 17.6 Å². The van der Waals surface area contributed by atoms with Crippen molar-refractivity contribution in [3.05, 3.63) is 64.7 Å². The molecule has 0 atom stereocenters. The van der Waals surface area contributed by atoms with E-state index in [1.807, 2.05) is 38.1 Å². The summed E-state index contributed by atoms with van der Waals surface area (Å²) in [6.45, 7) is 4.10. The van der Waals surface area contributed by atoms with E-state index >= 15 is 0 Å². The standard InChI is InChI=1S/C17H19NO/c1-12-3-4-13(2)15(9-12)11-17(19)10-14-5-7-16(18)8-6-14/h3-9H,10-11,18H2,1-2H3. The van der Waals surface area contributed by atoms with Crippen molar-refractivity contribution in [2.75, 3.05) is 5.73 Å². The van der Waals surface area contributed by atoms with Crippen molar-refractivity contribution in [2.24, 2.45) is 0 Å². The molecule has 2 aromatic rings. The highest BCUT2D eigenvalue weighted by atomic mass is 16.1. The van der Waals surface area contributed by atoms with E-state index in [0.29, 0.717) is 12.8 Å². The zero-order valence-corrected chi connectivity index (χ0v) is 11.4. The number of hydrogen-bond donors (Lipinski definition) is 1. The van der Waals surface area contributed by atoms with Crippen LogP contribution in [0.5, 0.6) is 0 Å². The number of carbonyl (C=O) groups is 1. The fourth-order valence-corrected chi connectivity index (χ4v) is 2.13. The largest absolute Gasteiger partial charge is 0.399 e. The number of rotatable bonds is 4. The molecule has 0 aliphatic heterocycles. The van der Waals surface area contributed by atoms with Gasteiger partial charge in [-0.3, -0.25) is 4.79 Å². The Balaban J connectivity index is 2.05. The Morgan fingerprint density at radius 1 is 1.00 bits per heavy atom. The van der Waals surface area contributed by atoms with Gasteiger partial charge in [0.2, 0.25) is 0 Å². The van der Waals surface area contributed by atoms with Crippen LogP contribution in [-0.4, -0.2) is 5.78 Å². The number of benzene rings is 2. The molecule has 0 aromatic heterocycles. The maximum absolute atomic E-state index is 12.1. The highest BCUT2D eigenvalue weighted by Gasteiger charge is 2.07. The SMILES string of the molecule is Cc1ccc(C)c(CC(=O)Cc2ccc(N)cc2)c1. The van der Waals surface area contributed by atoms with E-state index in [1.165, 1.54) is 11.1 Å². The van der Waals surface area contributed by atoms with Gasteiger partial charge in [-0.2, -0.15) is 0 Å². The molecule has 0 unspecified atom stereocenters. The maximum Gasteiger partial charge on any atom is 0.141 e. The second-order valence-corrected chi connectivity index (χ2v) is 5.06. The average molecular weight is 253 g/mol. The molecule has 0 aliphatic carbocycles. The lowest BCUT2D eigenvalue weighted by Gasteiger charge is -2.07. The van der Waals surface area contributed by atoms with Crippen LogP contribution in [0.1, 0.15) is 22.3 Å². The topological polar surface area (TPSA) is 43.1 Å². The predicted octanol–water partition coefficient (Wildman–Crippen LogP) is 3.24. The van der Waals surface area contributed by atoms with Crippen molar-refractivity contribution >= 4 is 11.5 Å². The number of carbonyl (C=O) groups excluding carboxylic acids is 1. The molecule has 0 spiro atoms. The number of Topliss-reactive ketones (excluding diaryl/α,β-unsaturated/α-hetero) is 1. The van der Waals surface area contributed by atoms with Gasteiger partial charge < -0.3 is 5.73 Å². The summed E-state index contributed by atoms with van der Waals surface area (Å²) >= 11 is 0. The van der Waals surface area contributed by atoms with E-state index < -0.39 is 0 Å². The molecular formula is C17H19NO. The van der Waals surface area contributed by atoms with Crippen LogP contribution < -0.4 is 5.73 Å². The number of nitrogens with two attached hydrogens (primary N) is 1. The Kier molecular flexibility index (Phi) is 4.00. The van der Waals surface area contributed by atoms with Crippen LogP contribution in [0.4, 0.5) is 5.69 Å². The third-order valence-corrected chi connectivity index (χ3v) is 3.27. The molecule has 98 valence electrons. The van der Waals surface area contributed by atoms with E-state index in [0.717, 1.165) is 16.8 Å². The zero-order valence-electron chi connectivity index (χ0n) is 11.4. The molecule has 0 saturated heterocycles. The van der Waals surface area contributed by atoms with Crippen molar-refractivity contribution in [3.63, 3.8) is 0 Å². The smallest absolute Gasteiger partial charge is 0.141 e. The molecule has 0 radical (unpaired) electrons. The molecule has 2 nitrogen and oxygen atoms in total. The number of ketones is 1. The van der Waals surface area contributed by atoms with Crippen molar-refractivity contribution in [1.82, 2.24) is 0 Å². The summed E-state index contributed by atoms with van der Waals surface area (Å²) in [6, 6.07) is 13.7. The summed E-state index contributed by atoms with van der Waals surface area (Å²) in [5.41, 5.74) is 10.9.